The Bertz CT molecular complexity index is 478. The number of ether oxygens (including phenoxy) is 1. The lowest BCUT2D eigenvalue weighted by atomic mass is 10.1. The van der Waals surface area contributed by atoms with Gasteiger partial charge in [-0.25, -0.2) is 0 Å². The summed E-state index contributed by atoms with van der Waals surface area (Å²) in [6.07, 6.45) is 1.64. The van der Waals surface area contributed by atoms with Gasteiger partial charge < -0.3 is 4.74 Å². The number of nitrogens with one attached hydrogen (secondary N) is 1. The van der Waals surface area contributed by atoms with Gasteiger partial charge in [-0.2, -0.15) is 0 Å². The number of aryl methyl sites for hydroxylation is 2. The second-order valence-corrected chi connectivity index (χ2v) is 4.51. The van der Waals surface area contributed by atoms with E-state index in [1.165, 1.54) is 14.2 Å². The number of para-hydroxylation sites is 1. The Balaban J connectivity index is 3.27. The average molecular weight is 278 g/mol. The van der Waals surface area contributed by atoms with Gasteiger partial charge in [-0.05, 0) is 31.9 Å². The summed E-state index contributed by atoms with van der Waals surface area (Å²) in [6, 6.07) is 5.93. The van der Waals surface area contributed by atoms with Crippen molar-refractivity contribution in [2.45, 2.75) is 20.8 Å². The molecule has 0 aliphatic carbocycles. The number of allylic oxidation sites excluding steroid dienone is 1. The molecular formula is C15H22N2O3. The van der Waals surface area contributed by atoms with Crippen LogP contribution < -0.4 is 10.4 Å². The number of anilines is 1. The number of carbonyl (C=O) groups is 1. The number of amides is 1. The lowest BCUT2D eigenvalue weighted by Crippen LogP contribution is -2.34. The molecular weight excluding hydrogens is 256 g/mol. The number of rotatable bonds is 6. The highest BCUT2D eigenvalue weighted by atomic mass is 16.6. The van der Waals surface area contributed by atoms with Crippen molar-refractivity contribution < 1.29 is 14.4 Å². The van der Waals surface area contributed by atoms with Crippen LogP contribution in [0, 0.1) is 13.8 Å². The molecule has 0 bridgehead atoms. The summed E-state index contributed by atoms with van der Waals surface area (Å²) in [5.74, 6) is -0.128. The van der Waals surface area contributed by atoms with E-state index in [1.807, 2.05) is 39.0 Å². The minimum absolute atomic E-state index is 0.0198. The Labute approximate surface area is 120 Å². The smallest absolute Gasteiger partial charge is 0.257 e. The fraction of sp³-hybridized carbons (Fsp3) is 0.400. The van der Waals surface area contributed by atoms with Crippen molar-refractivity contribution in [1.29, 1.82) is 0 Å². The first-order valence-electron chi connectivity index (χ1n) is 6.36. The van der Waals surface area contributed by atoms with Crippen molar-refractivity contribution in [2.24, 2.45) is 0 Å². The van der Waals surface area contributed by atoms with E-state index >= 15 is 0 Å². The van der Waals surface area contributed by atoms with E-state index < -0.39 is 0 Å². The second-order valence-electron chi connectivity index (χ2n) is 4.51. The summed E-state index contributed by atoms with van der Waals surface area (Å²) in [6.45, 7) is 5.82. The molecule has 20 heavy (non-hydrogen) atoms. The minimum atomic E-state index is -0.128. The molecule has 1 amide bonds. The van der Waals surface area contributed by atoms with Gasteiger partial charge in [0.05, 0.1) is 12.8 Å². The molecule has 0 atom stereocenters. The van der Waals surface area contributed by atoms with Gasteiger partial charge >= 0.3 is 0 Å². The molecule has 0 radical (unpaired) electrons. The normalized spacial score (nSPS) is 11.3. The molecule has 0 heterocycles. The Morgan fingerprint density at radius 3 is 2.40 bits per heavy atom. The highest BCUT2D eigenvalue weighted by Crippen LogP contribution is 2.27. The van der Waals surface area contributed by atoms with E-state index in [-0.39, 0.29) is 12.5 Å². The summed E-state index contributed by atoms with van der Waals surface area (Å²) in [5, 5.41) is 0. The van der Waals surface area contributed by atoms with Crippen LogP contribution in [-0.4, -0.2) is 26.7 Å². The summed E-state index contributed by atoms with van der Waals surface area (Å²) in [5.41, 5.74) is 6.30. The number of nitrogens with zero attached hydrogens (tertiary/aromatic N) is 1. The maximum absolute atomic E-state index is 12.3. The fourth-order valence-corrected chi connectivity index (χ4v) is 2.05. The number of carbonyl (C=O) groups excluding carboxylic acids is 1. The van der Waals surface area contributed by atoms with E-state index in [2.05, 4.69) is 5.48 Å². The quantitative estimate of drug-likeness (QED) is 0.811. The van der Waals surface area contributed by atoms with Gasteiger partial charge in [-0.3, -0.25) is 20.0 Å². The predicted molar refractivity (Wildman–Crippen MR) is 79.2 cm³/mol. The third kappa shape index (κ3) is 3.82. The molecule has 0 aliphatic rings. The van der Waals surface area contributed by atoms with Crippen LogP contribution in [0.1, 0.15) is 18.1 Å². The van der Waals surface area contributed by atoms with Crippen LogP contribution in [-0.2, 0) is 14.4 Å². The number of hydrogen-bond acceptors (Lipinski definition) is 4. The SMILES string of the molecule is COCC(=O)N(C(C)=CNOC)c1c(C)cccc1C. The molecule has 0 aromatic heterocycles. The Morgan fingerprint density at radius 2 is 1.90 bits per heavy atom. The van der Waals surface area contributed by atoms with Gasteiger partial charge in [0.25, 0.3) is 5.91 Å². The monoisotopic (exact) mass is 278 g/mol. The van der Waals surface area contributed by atoms with Gasteiger partial charge in [0.15, 0.2) is 0 Å². The van der Waals surface area contributed by atoms with Gasteiger partial charge in [0, 0.05) is 19.0 Å². The van der Waals surface area contributed by atoms with Gasteiger partial charge in [-0.15, -0.1) is 0 Å². The first-order chi connectivity index (χ1) is 9.52. The van der Waals surface area contributed by atoms with E-state index in [0.29, 0.717) is 0 Å². The molecule has 1 aromatic rings. The van der Waals surface area contributed by atoms with E-state index in [0.717, 1.165) is 22.5 Å². The fourth-order valence-electron chi connectivity index (χ4n) is 2.05. The first-order valence-corrected chi connectivity index (χ1v) is 6.36. The lowest BCUT2D eigenvalue weighted by Gasteiger charge is -2.26. The molecule has 0 fully saturated rings. The third-order valence-electron chi connectivity index (χ3n) is 2.92. The molecule has 5 heteroatoms. The molecule has 0 aliphatic heterocycles. The van der Waals surface area contributed by atoms with Crippen LogP contribution in [0.2, 0.25) is 0 Å². The molecule has 0 spiro atoms. The Kier molecular flexibility index (Phi) is 6.21. The second kappa shape index (κ2) is 7.67. The zero-order valence-corrected chi connectivity index (χ0v) is 12.7. The van der Waals surface area contributed by atoms with Crippen LogP contribution in [0.25, 0.3) is 0 Å². The highest BCUT2D eigenvalue weighted by Gasteiger charge is 2.20. The van der Waals surface area contributed by atoms with Crippen LogP contribution >= 0.6 is 0 Å². The average Bonchev–Trinajstić information content (AvgIpc) is 2.40. The number of hydroxylamine groups is 1. The van der Waals surface area contributed by atoms with Crippen molar-refractivity contribution in [2.75, 3.05) is 25.7 Å². The van der Waals surface area contributed by atoms with Gasteiger partial charge in [-0.1, -0.05) is 18.2 Å². The first kappa shape index (κ1) is 16.2. The standard InChI is InChI=1S/C15H22N2O3/c1-11-7-6-8-12(2)15(11)17(14(18)10-19-4)13(3)9-16-20-5/h6-9,16H,10H2,1-5H3. The Morgan fingerprint density at radius 1 is 1.30 bits per heavy atom. The summed E-state index contributed by atoms with van der Waals surface area (Å²) in [4.78, 5) is 18.8. The molecule has 1 N–H and O–H groups in total. The van der Waals surface area contributed by atoms with Crippen molar-refractivity contribution in [3.8, 4) is 0 Å². The van der Waals surface area contributed by atoms with Crippen LogP contribution in [0.15, 0.2) is 30.1 Å². The third-order valence-corrected chi connectivity index (χ3v) is 2.92. The lowest BCUT2D eigenvalue weighted by molar-refractivity contribution is -0.121. The van der Waals surface area contributed by atoms with E-state index in [1.54, 1.807) is 11.1 Å². The number of methoxy groups -OCH3 is 1. The largest absolute Gasteiger partial charge is 0.375 e. The molecule has 5 nitrogen and oxygen atoms in total. The van der Waals surface area contributed by atoms with Crippen LogP contribution in [0.5, 0.6) is 0 Å². The Hall–Kier alpha value is -1.85. The minimum Gasteiger partial charge on any atom is -0.375 e. The molecule has 1 rings (SSSR count). The molecule has 0 saturated carbocycles. The number of benzene rings is 1. The van der Waals surface area contributed by atoms with Crippen LogP contribution in [0.3, 0.4) is 0 Å². The van der Waals surface area contributed by atoms with Crippen LogP contribution in [0.4, 0.5) is 5.69 Å². The predicted octanol–water partition coefficient (Wildman–Crippen LogP) is 2.30. The van der Waals surface area contributed by atoms with Crippen molar-refractivity contribution >= 4 is 11.6 Å². The van der Waals surface area contributed by atoms with Crippen molar-refractivity contribution in [3.05, 3.63) is 41.2 Å². The molecule has 110 valence electrons. The summed E-state index contributed by atoms with van der Waals surface area (Å²) in [7, 11) is 3.03. The molecule has 0 saturated heterocycles. The maximum atomic E-state index is 12.3. The van der Waals surface area contributed by atoms with E-state index in [9.17, 15) is 4.79 Å². The molecule has 0 unspecified atom stereocenters. The maximum Gasteiger partial charge on any atom is 0.257 e. The highest BCUT2D eigenvalue weighted by molar-refractivity contribution is 5.98. The summed E-state index contributed by atoms with van der Waals surface area (Å²) >= 11 is 0. The van der Waals surface area contributed by atoms with Crippen molar-refractivity contribution in [3.63, 3.8) is 0 Å². The zero-order chi connectivity index (χ0) is 15.1. The topological polar surface area (TPSA) is 50.8 Å². The van der Waals surface area contributed by atoms with Gasteiger partial charge in [0.1, 0.15) is 6.61 Å². The molecule has 1 aromatic carbocycles. The van der Waals surface area contributed by atoms with E-state index in [4.69, 9.17) is 9.57 Å². The van der Waals surface area contributed by atoms with Crippen molar-refractivity contribution in [1.82, 2.24) is 5.48 Å². The zero-order valence-electron chi connectivity index (χ0n) is 12.7. The summed E-state index contributed by atoms with van der Waals surface area (Å²) < 4.78 is 4.97. The van der Waals surface area contributed by atoms with Gasteiger partial charge in [0.2, 0.25) is 0 Å². The number of hydrogen-bond donors (Lipinski definition) is 1.